The molecule has 0 saturated carbocycles. The number of aromatic nitrogens is 1. The van der Waals surface area contributed by atoms with Crippen molar-refractivity contribution in [2.45, 2.75) is 27.3 Å². The van der Waals surface area contributed by atoms with Gasteiger partial charge in [-0.05, 0) is 43.5 Å². The van der Waals surface area contributed by atoms with Crippen LogP contribution in [0.25, 0.3) is 21.8 Å². The Labute approximate surface area is 147 Å². The summed E-state index contributed by atoms with van der Waals surface area (Å²) in [6.45, 7) is 6.79. The summed E-state index contributed by atoms with van der Waals surface area (Å²) in [5.41, 5.74) is 12.5. The first-order valence-electron chi connectivity index (χ1n) is 7.96. The van der Waals surface area contributed by atoms with Crippen molar-refractivity contribution in [3.05, 3.63) is 58.0 Å². The number of nitrogens with zero attached hydrogens (tertiary/aromatic N) is 1. The van der Waals surface area contributed by atoms with Gasteiger partial charge in [0, 0.05) is 22.5 Å². The molecule has 0 atom stereocenters. The van der Waals surface area contributed by atoms with Crippen LogP contribution in [0.2, 0.25) is 0 Å². The summed E-state index contributed by atoms with van der Waals surface area (Å²) in [5, 5.41) is 1.00. The maximum absolute atomic E-state index is 5.89. The van der Waals surface area contributed by atoms with Crippen LogP contribution in [0.5, 0.6) is 5.75 Å². The Balaban J connectivity index is 2.17. The molecular formula is C20H22N2OS. The van der Waals surface area contributed by atoms with E-state index in [2.05, 4.69) is 45.0 Å². The van der Waals surface area contributed by atoms with Crippen molar-refractivity contribution in [2.75, 3.05) is 7.11 Å². The van der Waals surface area contributed by atoms with Crippen LogP contribution in [-0.4, -0.2) is 12.1 Å². The van der Waals surface area contributed by atoms with Crippen molar-refractivity contribution in [3.8, 4) is 27.6 Å². The number of nitrogens with two attached hydrogens (primary N) is 1. The molecule has 2 N–H and O–H groups in total. The predicted octanol–water partition coefficient (Wildman–Crippen LogP) is 4.87. The van der Waals surface area contributed by atoms with Gasteiger partial charge in [-0.15, -0.1) is 11.3 Å². The first-order chi connectivity index (χ1) is 11.5. The minimum Gasteiger partial charge on any atom is -0.496 e. The zero-order chi connectivity index (χ0) is 17.3. The Hall–Kier alpha value is -2.17. The van der Waals surface area contributed by atoms with Crippen LogP contribution in [0.15, 0.2) is 36.4 Å². The van der Waals surface area contributed by atoms with Crippen LogP contribution in [-0.2, 0) is 6.54 Å². The molecule has 0 saturated heterocycles. The largest absolute Gasteiger partial charge is 0.496 e. The van der Waals surface area contributed by atoms with Crippen LogP contribution in [0.1, 0.15) is 21.6 Å². The number of hydrogen-bond donors (Lipinski definition) is 1. The second kappa shape index (κ2) is 6.75. The highest BCUT2D eigenvalue weighted by molar-refractivity contribution is 7.15. The Morgan fingerprint density at radius 2 is 1.83 bits per heavy atom. The maximum atomic E-state index is 5.89. The molecule has 3 rings (SSSR count). The third-order valence-electron chi connectivity index (χ3n) is 4.14. The number of thiazole rings is 1. The number of rotatable bonds is 4. The van der Waals surface area contributed by atoms with Crippen LogP contribution in [0.3, 0.4) is 0 Å². The summed E-state index contributed by atoms with van der Waals surface area (Å²) in [7, 11) is 1.72. The van der Waals surface area contributed by atoms with Gasteiger partial charge in [0.2, 0.25) is 0 Å². The lowest BCUT2D eigenvalue weighted by atomic mass is 10.0. The molecule has 124 valence electrons. The van der Waals surface area contributed by atoms with Crippen molar-refractivity contribution in [1.29, 1.82) is 0 Å². The fourth-order valence-corrected chi connectivity index (χ4v) is 4.06. The van der Waals surface area contributed by atoms with Crippen LogP contribution in [0, 0.1) is 20.8 Å². The molecule has 0 fully saturated rings. The molecule has 0 aliphatic carbocycles. The first-order valence-corrected chi connectivity index (χ1v) is 8.78. The van der Waals surface area contributed by atoms with Gasteiger partial charge in [0.25, 0.3) is 0 Å². The molecule has 3 nitrogen and oxygen atoms in total. The number of aryl methyl sites for hydroxylation is 3. The molecule has 0 radical (unpaired) electrons. The normalized spacial score (nSPS) is 10.9. The van der Waals surface area contributed by atoms with Crippen molar-refractivity contribution in [3.63, 3.8) is 0 Å². The number of ether oxygens (including phenoxy) is 1. The van der Waals surface area contributed by atoms with Crippen LogP contribution >= 0.6 is 11.3 Å². The quantitative estimate of drug-likeness (QED) is 0.738. The Bertz CT molecular complexity index is 883. The summed E-state index contributed by atoms with van der Waals surface area (Å²) >= 11 is 1.70. The molecule has 0 amide bonds. The van der Waals surface area contributed by atoms with E-state index >= 15 is 0 Å². The fraction of sp³-hybridized carbons (Fsp3) is 0.250. The molecule has 0 bridgehead atoms. The molecule has 0 unspecified atom stereocenters. The molecule has 0 spiro atoms. The van der Waals surface area contributed by atoms with Gasteiger partial charge >= 0.3 is 0 Å². The zero-order valence-electron chi connectivity index (χ0n) is 14.5. The summed E-state index contributed by atoms with van der Waals surface area (Å²) < 4.78 is 5.65. The second-order valence-corrected chi connectivity index (χ2v) is 7.15. The third kappa shape index (κ3) is 2.95. The highest BCUT2D eigenvalue weighted by Crippen LogP contribution is 2.40. The summed E-state index contributed by atoms with van der Waals surface area (Å²) in [4.78, 5) is 6.11. The molecule has 0 aliphatic heterocycles. The van der Waals surface area contributed by atoms with Gasteiger partial charge in [-0.3, -0.25) is 0 Å². The van der Waals surface area contributed by atoms with Gasteiger partial charge in [-0.2, -0.15) is 0 Å². The van der Waals surface area contributed by atoms with E-state index in [0.29, 0.717) is 6.54 Å². The molecule has 1 aromatic heterocycles. The summed E-state index contributed by atoms with van der Waals surface area (Å²) in [5.74, 6) is 0.896. The van der Waals surface area contributed by atoms with E-state index in [1.54, 1.807) is 18.4 Å². The van der Waals surface area contributed by atoms with Gasteiger partial charge in [0.05, 0.1) is 12.8 Å². The van der Waals surface area contributed by atoms with E-state index in [0.717, 1.165) is 38.7 Å². The van der Waals surface area contributed by atoms with Crippen molar-refractivity contribution < 1.29 is 4.74 Å². The lowest BCUT2D eigenvalue weighted by Gasteiger charge is -2.12. The minimum atomic E-state index is 0.511. The van der Waals surface area contributed by atoms with E-state index in [1.165, 1.54) is 10.4 Å². The predicted molar refractivity (Wildman–Crippen MR) is 102 cm³/mol. The fourth-order valence-electron chi connectivity index (χ4n) is 3.07. The third-order valence-corrected chi connectivity index (χ3v) is 5.15. The van der Waals surface area contributed by atoms with E-state index in [4.69, 9.17) is 15.5 Å². The van der Waals surface area contributed by atoms with Gasteiger partial charge in [0.1, 0.15) is 10.8 Å². The number of benzene rings is 2. The van der Waals surface area contributed by atoms with Gasteiger partial charge < -0.3 is 10.5 Å². The van der Waals surface area contributed by atoms with Crippen molar-refractivity contribution in [1.82, 2.24) is 4.98 Å². The number of hydrogen-bond acceptors (Lipinski definition) is 4. The van der Waals surface area contributed by atoms with E-state index in [-0.39, 0.29) is 0 Å². The van der Waals surface area contributed by atoms with E-state index < -0.39 is 0 Å². The molecule has 2 aromatic carbocycles. The second-order valence-electron chi connectivity index (χ2n) is 5.95. The van der Waals surface area contributed by atoms with Gasteiger partial charge in [-0.25, -0.2) is 4.98 Å². The SMILES string of the molecule is COc1c(C)cc(C)cc1-c1nc(-c2ccccc2CN)sc1C. The average Bonchev–Trinajstić information content (AvgIpc) is 2.95. The lowest BCUT2D eigenvalue weighted by Crippen LogP contribution is -1.98. The lowest BCUT2D eigenvalue weighted by molar-refractivity contribution is 0.413. The maximum Gasteiger partial charge on any atom is 0.131 e. The van der Waals surface area contributed by atoms with Gasteiger partial charge in [-0.1, -0.05) is 30.3 Å². The highest BCUT2D eigenvalue weighted by Gasteiger charge is 2.18. The van der Waals surface area contributed by atoms with Crippen LogP contribution in [0.4, 0.5) is 0 Å². The molecular weight excluding hydrogens is 316 g/mol. The van der Waals surface area contributed by atoms with E-state index in [1.807, 2.05) is 12.1 Å². The molecule has 0 aliphatic rings. The number of methoxy groups -OCH3 is 1. The smallest absolute Gasteiger partial charge is 0.131 e. The van der Waals surface area contributed by atoms with Crippen molar-refractivity contribution in [2.24, 2.45) is 5.73 Å². The molecule has 24 heavy (non-hydrogen) atoms. The summed E-state index contributed by atoms with van der Waals surface area (Å²) in [6, 6.07) is 12.5. The first kappa shape index (κ1) is 16.7. The molecule has 1 heterocycles. The molecule has 3 aromatic rings. The van der Waals surface area contributed by atoms with E-state index in [9.17, 15) is 0 Å². The average molecular weight is 338 g/mol. The Morgan fingerprint density at radius 1 is 1.08 bits per heavy atom. The summed E-state index contributed by atoms with van der Waals surface area (Å²) in [6.07, 6.45) is 0. The minimum absolute atomic E-state index is 0.511. The van der Waals surface area contributed by atoms with Crippen LogP contribution < -0.4 is 10.5 Å². The van der Waals surface area contributed by atoms with Gasteiger partial charge in [0.15, 0.2) is 0 Å². The molecule has 4 heteroatoms. The zero-order valence-corrected chi connectivity index (χ0v) is 15.3. The van der Waals surface area contributed by atoms with Crippen molar-refractivity contribution >= 4 is 11.3 Å². The topological polar surface area (TPSA) is 48.1 Å². The Morgan fingerprint density at radius 3 is 2.54 bits per heavy atom. The highest BCUT2D eigenvalue weighted by atomic mass is 32.1. The monoisotopic (exact) mass is 338 g/mol. The standard InChI is InChI=1S/C20H22N2OS/c1-12-9-13(2)19(23-4)17(10-12)18-14(3)24-20(22-18)16-8-6-5-7-15(16)11-21/h5-10H,11,21H2,1-4H3. The Kier molecular flexibility index (Phi) is 4.69.